The van der Waals surface area contributed by atoms with Crippen LogP contribution in [0.3, 0.4) is 0 Å². The van der Waals surface area contributed by atoms with Crippen molar-refractivity contribution in [3.63, 3.8) is 0 Å². The average molecular weight is 283 g/mol. The van der Waals surface area contributed by atoms with E-state index < -0.39 is 0 Å². The van der Waals surface area contributed by atoms with Crippen molar-refractivity contribution < 1.29 is 18.7 Å². The second kappa shape index (κ2) is 6.69. The fourth-order valence-corrected chi connectivity index (χ4v) is 2.42. The van der Waals surface area contributed by atoms with E-state index in [4.69, 9.17) is 14.2 Å². The Morgan fingerprint density at radius 3 is 2.00 bits per heavy atom. The van der Waals surface area contributed by atoms with Gasteiger partial charge in [-0.25, -0.2) is 0 Å². The summed E-state index contributed by atoms with van der Waals surface area (Å²) >= 11 is 0. The van der Waals surface area contributed by atoms with Gasteiger partial charge >= 0.3 is 18.0 Å². The lowest BCUT2D eigenvalue weighted by Gasteiger charge is -2.37. The minimum atomic E-state index is 0.199. The van der Waals surface area contributed by atoms with Crippen molar-refractivity contribution in [2.75, 3.05) is 47.5 Å². The zero-order chi connectivity index (χ0) is 14.4. The lowest BCUT2D eigenvalue weighted by atomic mass is 10.1. The van der Waals surface area contributed by atoms with E-state index in [-0.39, 0.29) is 18.0 Å². The van der Waals surface area contributed by atoms with Gasteiger partial charge in [-0.05, 0) is 19.3 Å². The number of nitrogens with zero attached hydrogens (tertiary/aromatic N) is 4. The van der Waals surface area contributed by atoms with Gasteiger partial charge in [-0.3, -0.25) is 0 Å². The van der Waals surface area contributed by atoms with Gasteiger partial charge in [0.25, 0.3) is 0 Å². The van der Waals surface area contributed by atoms with E-state index in [1.807, 2.05) is 0 Å². The second-order valence-corrected chi connectivity index (χ2v) is 5.29. The van der Waals surface area contributed by atoms with Crippen LogP contribution in [-0.2, 0) is 0 Å². The summed E-state index contributed by atoms with van der Waals surface area (Å²) in [5.74, 6) is 0. The van der Waals surface area contributed by atoms with E-state index in [0.717, 1.165) is 11.0 Å². The molecule has 0 bridgehead atoms. The molecule has 1 aromatic heterocycles. The molecule has 7 heteroatoms. The maximum absolute atomic E-state index is 5.62. The molecular formula is C13H23N4O3+. The van der Waals surface area contributed by atoms with Gasteiger partial charge in [0.1, 0.15) is 13.2 Å². The Hall–Kier alpha value is -1.63. The van der Waals surface area contributed by atoms with E-state index >= 15 is 0 Å². The molecule has 7 nitrogen and oxygen atoms in total. The van der Waals surface area contributed by atoms with Crippen molar-refractivity contribution in [3.05, 3.63) is 0 Å². The third kappa shape index (κ3) is 3.93. The molecule has 1 fully saturated rings. The standard InChI is InChI=1S/C13H23N4O3/c1-17(7-5-4-6-8-17)9-10-20-13-15-11(18-2)14-12(16-13)19-3/h4-10H2,1-3H3/q+1. The molecule has 0 N–H and O–H groups in total. The van der Waals surface area contributed by atoms with Gasteiger partial charge in [0.2, 0.25) is 0 Å². The van der Waals surface area contributed by atoms with Gasteiger partial charge in [-0.15, -0.1) is 15.0 Å². The van der Waals surface area contributed by atoms with Crippen LogP contribution in [0.2, 0.25) is 0 Å². The van der Waals surface area contributed by atoms with Crippen LogP contribution in [0.4, 0.5) is 0 Å². The Morgan fingerprint density at radius 1 is 0.900 bits per heavy atom. The number of quaternary nitrogens is 1. The predicted octanol–water partition coefficient (Wildman–Crippen LogP) is 0.898. The number of likely N-dealkylation sites (tertiary alicyclic amines) is 1. The average Bonchev–Trinajstić information content (AvgIpc) is 2.47. The smallest absolute Gasteiger partial charge is 0.326 e. The highest BCUT2D eigenvalue weighted by Crippen LogP contribution is 2.17. The van der Waals surface area contributed by atoms with Crippen LogP contribution in [0, 0.1) is 0 Å². The SMILES string of the molecule is COc1nc(OC)nc(OCC[N+]2(C)CCCCC2)n1. The highest BCUT2D eigenvalue weighted by molar-refractivity contribution is 5.08. The number of aromatic nitrogens is 3. The molecule has 112 valence electrons. The third-order valence-corrected chi connectivity index (χ3v) is 3.70. The van der Waals surface area contributed by atoms with Gasteiger partial charge < -0.3 is 18.7 Å². The first-order valence-electron chi connectivity index (χ1n) is 6.96. The molecule has 0 saturated carbocycles. The summed E-state index contributed by atoms with van der Waals surface area (Å²) < 4.78 is 16.7. The molecule has 1 aliphatic rings. The van der Waals surface area contributed by atoms with E-state index in [9.17, 15) is 0 Å². The molecule has 1 aliphatic heterocycles. The van der Waals surface area contributed by atoms with Gasteiger partial charge in [0.05, 0.1) is 34.4 Å². The number of methoxy groups -OCH3 is 2. The van der Waals surface area contributed by atoms with Gasteiger partial charge in [0.15, 0.2) is 0 Å². The summed E-state index contributed by atoms with van der Waals surface area (Å²) in [5.41, 5.74) is 0. The van der Waals surface area contributed by atoms with Crippen LogP contribution in [0.1, 0.15) is 19.3 Å². The normalized spacial score (nSPS) is 17.6. The molecule has 0 aliphatic carbocycles. The van der Waals surface area contributed by atoms with E-state index in [1.54, 1.807) is 0 Å². The van der Waals surface area contributed by atoms with Gasteiger partial charge in [-0.1, -0.05) is 0 Å². The van der Waals surface area contributed by atoms with E-state index in [1.165, 1.54) is 46.6 Å². The summed E-state index contributed by atoms with van der Waals surface area (Å²) in [7, 11) is 5.27. The van der Waals surface area contributed by atoms with E-state index in [0.29, 0.717) is 6.61 Å². The fraction of sp³-hybridized carbons (Fsp3) is 0.769. The summed E-state index contributed by atoms with van der Waals surface area (Å²) in [5, 5.41) is 0. The largest absolute Gasteiger partial charge is 0.467 e. The van der Waals surface area contributed by atoms with Crippen molar-refractivity contribution in [3.8, 4) is 18.0 Å². The van der Waals surface area contributed by atoms with Crippen molar-refractivity contribution >= 4 is 0 Å². The highest BCUT2D eigenvalue weighted by atomic mass is 16.5. The Morgan fingerprint density at radius 2 is 1.45 bits per heavy atom. The summed E-state index contributed by atoms with van der Waals surface area (Å²) in [6.07, 6.45) is 3.93. The minimum absolute atomic E-state index is 0.199. The van der Waals surface area contributed by atoms with Crippen molar-refractivity contribution in [1.82, 2.24) is 15.0 Å². The summed E-state index contributed by atoms with van der Waals surface area (Å²) in [6, 6.07) is 0.646. The van der Waals surface area contributed by atoms with Crippen LogP contribution < -0.4 is 14.2 Å². The molecular weight excluding hydrogens is 260 g/mol. The molecule has 0 radical (unpaired) electrons. The highest BCUT2D eigenvalue weighted by Gasteiger charge is 2.24. The monoisotopic (exact) mass is 283 g/mol. The lowest BCUT2D eigenvalue weighted by molar-refractivity contribution is -0.914. The van der Waals surface area contributed by atoms with Crippen molar-refractivity contribution in [2.24, 2.45) is 0 Å². The molecule has 0 atom stereocenters. The molecule has 0 unspecified atom stereocenters. The number of ether oxygens (including phenoxy) is 3. The quantitative estimate of drug-likeness (QED) is 0.723. The molecule has 2 rings (SSSR count). The maximum atomic E-state index is 5.62. The van der Waals surface area contributed by atoms with E-state index in [2.05, 4.69) is 22.0 Å². The third-order valence-electron chi connectivity index (χ3n) is 3.70. The van der Waals surface area contributed by atoms with Gasteiger partial charge in [-0.2, -0.15) is 0 Å². The molecule has 0 amide bonds. The van der Waals surface area contributed by atoms with Crippen molar-refractivity contribution in [2.45, 2.75) is 19.3 Å². The molecule has 1 saturated heterocycles. The molecule has 1 aromatic rings. The number of hydrogen-bond donors (Lipinski definition) is 0. The Bertz CT molecular complexity index is 413. The Labute approximate surface area is 119 Å². The Balaban J connectivity index is 1.90. The second-order valence-electron chi connectivity index (χ2n) is 5.29. The number of rotatable bonds is 6. The number of hydrogen-bond acceptors (Lipinski definition) is 6. The van der Waals surface area contributed by atoms with Crippen LogP contribution in [0.15, 0.2) is 0 Å². The predicted molar refractivity (Wildman–Crippen MR) is 73.1 cm³/mol. The number of likely N-dealkylation sites (N-methyl/N-ethyl adjacent to an activating group) is 1. The molecule has 0 spiro atoms. The maximum Gasteiger partial charge on any atom is 0.326 e. The van der Waals surface area contributed by atoms with Crippen LogP contribution in [-0.4, -0.2) is 66.9 Å². The number of piperidine rings is 1. The summed E-state index contributed by atoms with van der Waals surface area (Å²) in [6.45, 7) is 3.96. The fourth-order valence-electron chi connectivity index (χ4n) is 2.42. The first-order valence-corrected chi connectivity index (χ1v) is 6.96. The first kappa shape index (κ1) is 14.8. The zero-order valence-electron chi connectivity index (χ0n) is 12.5. The topological polar surface area (TPSA) is 66.4 Å². The molecule has 0 aromatic carbocycles. The molecule has 2 heterocycles. The lowest BCUT2D eigenvalue weighted by Crippen LogP contribution is -2.50. The molecule has 20 heavy (non-hydrogen) atoms. The van der Waals surface area contributed by atoms with Crippen LogP contribution in [0.5, 0.6) is 18.0 Å². The minimum Gasteiger partial charge on any atom is -0.467 e. The Kier molecular flexibility index (Phi) is 4.94. The van der Waals surface area contributed by atoms with Crippen molar-refractivity contribution in [1.29, 1.82) is 0 Å². The van der Waals surface area contributed by atoms with Crippen LogP contribution >= 0.6 is 0 Å². The summed E-state index contributed by atoms with van der Waals surface area (Å²) in [4.78, 5) is 12.0. The van der Waals surface area contributed by atoms with Crippen LogP contribution in [0.25, 0.3) is 0 Å². The first-order chi connectivity index (χ1) is 9.65. The zero-order valence-corrected chi connectivity index (χ0v) is 12.5. The van der Waals surface area contributed by atoms with Gasteiger partial charge in [0, 0.05) is 0 Å².